The fourth-order valence-corrected chi connectivity index (χ4v) is 2.22. The Morgan fingerprint density at radius 1 is 1.06 bits per heavy atom. The van der Waals surface area contributed by atoms with E-state index in [2.05, 4.69) is 6.92 Å². The molecule has 0 aromatic heterocycles. The van der Waals surface area contributed by atoms with E-state index in [0.29, 0.717) is 6.61 Å². The fourth-order valence-electron chi connectivity index (χ4n) is 1.07. The molecule has 0 saturated heterocycles. The van der Waals surface area contributed by atoms with Crippen molar-refractivity contribution in [1.29, 1.82) is 0 Å². The summed E-state index contributed by atoms with van der Waals surface area (Å²) in [6.07, 6.45) is 6.31. The van der Waals surface area contributed by atoms with E-state index in [9.17, 15) is 9.59 Å². The Kier molecular flexibility index (Phi) is 10.6. The van der Waals surface area contributed by atoms with Crippen molar-refractivity contribution < 1.29 is 18.8 Å². The SMILES string of the molecule is CCCCOC(=O)C=CC(=O)O[SiH2]CCCC. The minimum Gasteiger partial charge on any atom is -0.522 e. The van der Waals surface area contributed by atoms with E-state index in [-0.39, 0.29) is 0 Å². The highest BCUT2D eigenvalue weighted by molar-refractivity contribution is 6.31. The van der Waals surface area contributed by atoms with Gasteiger partial charge in [-0.1, -0.05) is 33.1 Å². The average Bonchev–Trinajstić information content (AvgIpc) is 2.32. The van der Waals surface area contributed by atoms with Crippen LogP contribution in [0.5, 0.6) is 0 Å². The predicted molar refractivity (Wildman–Crippen MR) is 69.4 cm³/mol. The summed E-state index contributed by atoms with van der Waals surface area (Å²) in [5.41, 5.74) is 0. The van der Waals surface area contributed by atoms with E-state index in [1.165, 1.54) is 0 Å². The monoisotopic (exact) mass is 258 g/mol. The van der Waals surface area contributed by atoms with Gasteiger partial charge in [0.2, 0.25) is 9.76 Å². The number of carbonyl (C=O) groups is 2. The van der Waals surface area contributed by atoms with Crippen molar-refractivity contribution in [3.05, 3.63) is 12.2 Å². The first kappa shape index (κ1) is 15.9. The topological polar surface area (TPSA) is 52.6 Å². The normalized spacial score (nSPS) is 11.2. The lowest BCUT2D eigenvalue weighted by atomic mass is 10.4. The molecule has 0 aromatic carbocycles. The summed E-state index contributed by atoms with van der Waals surface area (Å²) in [6.45, 7) is 4.52. The Bertz CT molecular complexity index is 251. The molecule has 0 rings (SSSR count). The minimum absolute atomic E-state index is 0.403. The van der Waals surface area contributed by atoms with E-state index < -0.39 is 21.7 Å². The van der Waals surface area contributed by atoms with Crippen LogP contribution in [-0.4, -0.2) is 28.3 Å². The quantitative estimate of drug-likeness (QED) is 0.273. The van der Waals surface area contributed by atoms with Crippen LogP contribution in [0.2, 0.25) is 6.04 Å². The fraction of sp³-hybridized carbons (Fsp3) is 0.667. The highest BCUT2D eigenvalue weighted by Gasteiger charge is 2.00. The van der Waals surface area contributed by atoms with Gasteiger partial charge in [-0.25, -0.2) is 9.59 Å². The van der Waals surface area contributed by atoms with Crippen LogP contribution in [0, 0.1) is 0 Å². The van der Waals surface area contributed by atoms with Crippen LogP contribution in [0.4, 0.5) is 0 Å². The molecule has 0 unspecified atom stereocenters. The molecule has 0 aliphatic heterocycles. The maximum absolute atomic E-state index is 11.2. The largest absolute Gasteiger partial charge is 0.522 e. The number of ether oxygens (including phenoxy) is 1. The maximum atomic E-state index is 11.2. The first-order valence-corrected chi connectivity index (χ1v) is 7.80. The van der Waals surface area contributed by atoms with Crippen LogP contribution in [-0.2, 0) is 18.8 Å². The Morgan fingerprint density at radius 3 is 2.35 bits per heavy atom. The number of hydrogen-bond donors (Lipinski definition) is 0. The highest BCUT2D eigenvalue weighted by Crippen LogP contribution is 1.95. The zero-order valence-corrected chi connectivity index (χ0v) is 12.2. The van der Waals surface area contributed by atoms with Crippen LogP contribution < -0.4 is 0 Å². The van der Waals surface area contributed by atoms with Crippen molar-refractivity contribution in [1.82, 2.24) is 0 Å². The van der Waals surface area contributed by atoms with Crippen molar-refractivity contribution in [2.75, 3.05) is 6.61 Å². The molecule has 0 aromatic rings. The van der Waals surface area contributed by atoms with Crippen LogP contribution in [0.25, 0.3) is 0 Å². The Balaban J connectivity index is 3.60. The number of unbranched alkanes of at least 4 members (excludes halogenated alkanes) is 2. The summed E-state index contributed by atoms with van der Waals surface area (Å²) < 4.78 is 9.88. The lowest BCUT2D eigenvalue weighted by Gasteiger charge is -2.01. The van der Waals surface area contributed by atoms with Gasteiger partial charge in [-0.3, -0.25) is 0 Å². The lowest BCUT2D eigenvalue weighted by molar-refractivity contribution is -0.138. The second kappa shape index (κ2) is 11.4. The molecule has 0 spiro atoms. The van der Waals surface area contributed by atoms with Gasteiger partial charge in [-0.15, -0.1) is 0 Å². The standard InChI is InChI=1S/C12H22O4Si/c1-3-5-9-15-11(13)7-8-12(14)16-17-10-6-4-2/h7-8H,3-6,9-10,17H2,1-2H3. The summed E-state index contributed by atoms with van der Waals surface area (Å²) in [6, 6.07) is 0.997. The summed E-state index contributed by atoms with van der Waals surface area (Å²) in [5, 5.41) is 0. The van der Waals surface area contributed by atoms with E-state index in [4.69, 9.17) is 9.16 Å². The highest BCUT2D eigenvalue weighted by atomic mass is 28.2. The molecule has 98 valence electrons. The summed E-state index contributed by atoms with van der Waals surface area (Å²) in [5.74, 6) is -0.911. The van der Waals surface area contributed by atoms with Crippen molar-refractivity contribution >= 4 is 21.7 Å². The van der Waals surface area contributed by atoms with Gasteiger partial charge in [0.15, 0.2) is 0 Å². The van der Waals surface area contributed by atoms with Gasteiger partial charge in [0.1, 0.15) is 0 Å². The molecule has 0 aliphatic carbocycles. The summed E-state index contributed by atoms with van der Waals surface area (Å²) in [4.78, 5) is 22.3. The second-order valence-electron chi connectivity index (χ2n) is 3.73. The van der Waals surface area contributed by atoms with Gasteiger partial charge < -0.3 is 9.16 Å². The van der Waals surface area contributed by atoms with Gasteiger partial charge >= 0.3 is 11.9 Å². The van der Waals surface area contributed by atoms with E-state index in [0.717, 1.165) is 43.9 Å². The third-order valence-corrected chi connectivity index (χ3v) is 3.37. The van der Waals surface area contributed by atoms with E-state index in [1.807, 2.05) is 6.92 Å². The van der Waals surface area contributed by atoms with Crippen molar-refractivity contribution in [2.24, 2.45) is 0 Å². The zero-order chi connectivity index (χ0) is 12.9. The first-order chi connectivity index (χ1) is 8.20. The van der Waals surface area contributed by atoms with Gasteiger partial charge in [0.05, 0.1) is 6.61 Å². The Morgan fingerprint density at radius 2 is 1.71 bits per heavy atom. The third kappa shape index (κ3) is 11.2. The third-order valence-electron chi connectivity index (χ3n) is 2.09. The molecule has 0 amide bonds. The van der Waals surface area contributed by atoms with Crippen LogP contribution in [0.1, 0.15) is 39.5 Å². The van der Waals surface area contributed by atoms with Crippen LogP contribution in [0.3, 0.4) is 0 Å². The molecule has 0 heterocycles. The molecule has 0 fully saturated rings. The minimum atomic E-state index is -0.765. The smallest absolute Gasteiger partial charge is 0.331 e. The molecular weight excluding hydrogens is 236 g/mol. The molecule has 0 saturated carbocycles. The molecular formula is C12H22O4Si. The van der Waals surface area contributed by atoms with Gasteiger partial charge in [-0.05, 0) is 12.5 Å². The number of rotatable bonds is 9. The van der Waals surface area contributed by atoms with Gasteiger partial charge in [0.25, 0.3) is 0 Å². The van der Waals surface area contributed by atoms with Crippen molar-refractivity contribution in [3.63, 3.8) is 0 Å². The first-order valence-electron chi connectivity index (χ1n) is 6.22. The van der Waals surface area contributed by atoms with Crippen LogP contribution >= 0.6 is 0 Å². The lowest BCUT2D eigenvalue weighted by Crippen LogP contribution is -2.07. The predicted octanol–water partition coefficient (Wildman–Crippen LogP) is 1.73. The second-order valence-corrected chi connectivity index (χ2v) is 5.13. The molecule has 0 N–H and O–H groups in total. The average molecular weight is 258 g/mol. The van der Waals surface area contributed by atoms with Crippen LogP contribution in [0.15, 0.2) is 12.2 Å². The van der Waals surface area contributed by atoms with E-state index >= 15 is 0 Å². The van der Waals surface area contributed by atoms with Gasteiger partial charge in [-0.2, -0.15) is 0 Å². The molecule has 0 aliphatic rings. The molecule has 4 nitrogen and oxygen atoms in total. The molecule has 0 atom stereocenters. The maximum Gasteiger partial charge on any atom is 0.331 e. The molecule has 0 bridgehead atoms. The van der Waals surface area contributed by atoms with Gasteiger partial charge in [0, 0.05) is 12.2 Å². The van der Waals surface area contributed by atoms with Crippen molar-refractivity contribution in [2.45, 2.75) is 45.6 Å². The number of hydrogen-bond acceptors (Lipinski definition) is 4. The number of esters is 1. The molecule has 17 heavy (non-hydrogen) atoms. The summed E-state index contributed by atoms with van der Waals surface area (Å²) in [7, 11) is -0.765. The summed E-state index contributed by atoms with van der Waals surface area (Å²) >= 11 is 0. The Labute approximate surface area is 105 Å². The van der Waals surface area contributed by atoms with Crippen molar-refractivity contribution in [3.8, 4) is 0 Å². The zero-order valence-electron chi connectivity index (χ0n) is 10.7. The van der Waals surface area contributed by atoms with E-state index in [1.54, 1.807) is 0 Å². The molecule has 5 heteroatoms. The molecule has 0 radical (unpaired) electrons. The Hall–Kier alpha value is -1.10. The number of carbonyl (C=O) groups excluding carboxylic acids is 2.